The number of nitrogens with one attached hydrogen (secondary N) is 1. The smallest absolute Gasteiger partial charge is 0.226 e. The molecule has 0 aliphatic heterocycles. The Bertz CT molecular complexity index is 766. The van der Waals surface area contributed by atoms with Gasteiger partial charge >= 0.3 is 0 Å². The minimum atomic E-state index is -0.310. The van der Waals surface area contributed by atoms with Crippen LogP contribution in [0.3, 0.4) is 0 Å². The lowest BCUT2D eigenvalue weighted by atomic mass is 9.95. The Morgan fingerprint density at radius 3 is 2.65 bits per heavy atom. The van der Waals surface area contributed by atoms with Crippen LogP contribution in [0.4, 0.5) is 0 Å². The standard InChI is InChI=1S/C17H19Cl2N3OS.2ClH/c1-17(9-20,10-2-3-10)22-15(23)7-12-8-24-16(21-12)13-5-4-11(18)6-14(13)19;;/h4-6,8,10H,2-3,7,9,20H2,1H3,(H,22,23);2*1H. The zero-order chi connectivity index (χ0) is 17.3. The zero-order valence-electron chi connectivity index (χ0n) is 14.1. The number of benzene rings is 1. The van der Waals surface area contributed by atoms with Gasteiger partial charge in [-0.25, -0.2) is 4.98 Å². The average Bonchev–Trinajstić information content (AvgIpc) is 3.29. The summed E-state index contributed by atoms with van der Waals surface area (Å²) in [6.07, 6.45) is 2.50. The van der Waals surface area contributed by atoms with Crippen molar-refractivity contribution in [3.05, 3.63) is 39.3 Å². The Balaban J connectivity index is 0.00000169. The first kappa shape index (κ1) is 23.5. The van der Waals surface area contributed by atoms with Gasteiger partial charge < -0.3 is 11.1 Å². The fourth-order valence-electron chi connectivity index (χ4n) is 2.74. The molecule has 0 saturated heterocycles. The summed E-state index contributed by atoms with van der Waals surface area (Å²) in [7, 11) is 0. The predicted molar refractivity (Wildman–Crippen MR) is 114 cm³/mol. The Kier molecular flexibility index (Phi) is 8.65. The summed E-state index contributed by atoms with van der Waals surface area (Å²) in [6, 6.07) is 5.30. The van der Waals surface area contributed by atoms with Crippen LogP contribution in [-0.2, 0) is 11.2 Å². The van der Waals surface area contributed by atoms with Crippen LogP contribution in [0, 0.1) is 5.92 Å². The average molecular weight is 457 g/mol. The topological polar surface area (TPSA) is 68.0 Å². The van der Waals surface area contributed by atoms with E-state index >= 15 is 0 Å². The highest BCUT2D eigenvalue weighted by Gasteiger charge is 2.41. The van der Waals surface area contributed by atoms with Crippen molar-refractivity contribution in [2.75, 3.05) is 6.54 Å². The van der Waals surface area contributed by atoms with Crippen LogP contribution in [0.25, 0.3) is 10.6 Å². The van der Waals surface area contributed by atoms with Crippen molar-refractivity contribution in [1.82, 2.24) is 10.3 Å². The van der Waals surface area contributed by atoms with E-state index in [4.69, 9.17) is 28.9 Å². The molecule has 1 aliphatic rings. The summed E-state index contributed by atoms with van der Waals surface area (Å²) in [6.45, 7) is 2.47. The number of hydrogen-bond acceptors (Lipinski definition) is 4. The second-order valence-corrected chi connectivity index (χ2v) is 8.09. The predicted octanol–water partition coefficient (Wildman–Crippen LogP) is 4.75. The third-order valence-electron chi connectivity index (χ3n) is 4.38. The van der Waals surface area contributed by atoms with Gasteiger partial charge in [-0.3, -0.25) is 4.79 Å². The molecule has 1 unspecified atom stereocenters. The molecule has 1 aromatic carbocycles. The number of carbonyl (C=O) groups is 1. The molecule has 1 fully saturated rings. The Morgan fingerprint density at radius 1 is 1.38 bits per heavy atom. The van der Waals surface area contributed by atoms with E-state index in [2.05, 4.69) is 10.3 Å². The van der Waals surface area contributed by atoms with Crippen molar-refractivity contribution in [3.8, 4) is 10.6 Å². The molecule has 1 aliphatic carbocycles. The zero-order valence-corrected chi connectivity index (χ0v) is 18.1. The molecule has 144 valence electrons. The lowest BCUT2D eigenvalue weighted by molar-refractivity contribution is -0.122. The van der Waals surface area contributed by atoms with Crippen molar-refractivity contribution < 1.29 is 4.79 Å². The van der Waals surface area contributed by atoms with Crippen molar-refractivity contribution >= 4 is 65.3 Å². The van der Waals surface area contributed by atoms with E-state index in [1.165, 1.54) is 11.3 Å². The van der Waals surface area contributed by atoms with E-state index in [1.807, 2.05) is 18.4 Å². The van der Waals surface area contributed by atoms with E-state index in [-0.39, 0.29) is 42.7 Å². The van der Waals surface area contributed by atoms with Crippen LogP contribution in [0.15, 0.2) is 23.6 Å². The molecule has 0 spiro atoms. The molecule has 0 radical (unpaired) electrons. The molecule has 1 amide bonds. The van der Waals surface area contributed by atoms with Crippen LogP contribution in [0.2, 0.25) is 10.0 Å². The van der Waals surface area contributed by atoms with Crippen molar-refractivity contribution in [2.45, 2.75) is 31.7 Å². The van der Waals surface area contributed by atoms with Crippen LogP contribution in [0.1, 0.15) is 25.5 Å². The van der Waals surface area contributed by atoms with Crippen LogP contribution in [0.5, 0.6) is 0 Å². The summed E-state index contributed by atoms with van der Waals surface area (Å²) in [4.78, 5) is 16.9. The Labute approximate surface area is 179 Å². The van der Waals surface area contributed by atoms with Crippen molar-refractivity contribution in [1.29, 1.82) is 0 Å². The van der Waals surface area contributed by atoms with E-state index in [1.54, 1.807) is 12.1 Å². The second-order valence-electron chi connectivity index (χ2n) is 6.39. The molecule has 3 rings (SSSR count). The number of thiazole rings is 1. The fraction of sp³-hybridized carbons (Fsp3) is 0.412. The molecule has 1 heterocycles. The molecular weight excluding hydrogens is 436 g/mol. The summed E-state index contributed by atoms with van der Waals surface area (Å²) in [5, 5.41) is 6.88. The number of halogens is 4. The van der Waals surface area contributed by atoms with Gasteiger partial charge in [0.05, 0.1) is 22.7 Å². The van der Waals surface area contributed by atoms with Gasteiger partial charge in [0.15, 0.2) is 0 Å². The van der Waals surface area contributed by atoms with Gasteiger partial charge in [-0.1, -0.05) is 23.2 Å². The number of nitrogens with zero attached hydrogens (tertiary/aromatic N) is 1. The quantitative estimate of drug-likeness (QED) is 0.658. The minimum Gasteiger partial charge on any atom is -0.349 e. The van der Waals surface area contributed by atoms with E-state index in [0.29, 0.717) is 22.5 Å². The molecule has 1 saturated carbocycles. The van der Waals surface area contributed by atoms with Gasteiger partial charge in [0, 0.05) is 22.5 Å². The van der Waals surface area contributed by atoms with E-state index < -0.39 is 0 Å². The first-order valence-corrected chi connectivity index (χ1v) is 9.46. The first-order valence-electron chi connectivity index (χ1n) is 7.82. The summed E-state index contributed by atoms with van der Waals surface area (Å²) in [5.74, 6) is 0.444. The first-order chi connectivity index (χ1) is 11.4. The number of rotatable bonds is 6. The molecule has 0 bridgehead atoms. The molecule has 3 N–H and O–H groups in total. The molecular formula is C17H21Cl4N3OS. The van der Waals surface area contributed by atoms with Gasteiger partial charge in [-0.15, -0.1) is 36.2 Å². The largest absolute Gasteiger partial charge is 0.349 e. The maximum Gasteiger partial charge on any atom is 0.226 e. The third kappa shape index (κ3) is 5.47. The lowest BCUT2D eigenvalue weighted by Gasteiger charge is -2.29. The number of aromatic nitrogens is 1. The van der Waals surface area contributed by atoms with Gasteiger partial charge in [0.25, 0.3) is 0 Å². The normalized spacial score (nSPS) is 15.4. The molecule has 4 nitrogen and oxygen atoms in total. The van der Waals surface area contributed by atoms with Gasteiger partial charge in [0.1, 0.15) is 5.01 Å². The maximum atomic E-state index is 12.3. The number of hydrogen-bond donors (Lipinski definition) is 2. The van der Waals surface area contributed by atoms with E-state index in [9.17, 15) is 4.79 Å². The molecule has 9 heteroatoms. The van der Waals surface area contributed by atoms with E-state index in [0.717, 1.165) is 29.1 Å². The lowest BCUT2D eigenvalue weighted by Crippen LogP contribution is -2.53. The van der Waals surface area contributed by atoms with Gasteiger partial charge in [-0.05, 0) is 43.9 Å². The SMILES string of the molecule is CC(CN)(NC(=O)Cc1csc(-c2ccc(Cl)cc2Cl)n1)C1CC1.Cl.Cl. The maximum absolute atomic E-state index is 12.3. The Morgan fingerprint density at radius 2 is 2.08 bits per heavy atom. The summed E-state index contributed by atoms with van der Waals surface area (Å²) in [5.41, 5.74) is 7.09. The van der Waals surface area contributed by atoms with Crippen LogP contribution < -0.4 is 11.1 Å². The minimum absolute atomic E-state index is 0. The molecule has 1 atom stereocenters. The molecule has 2 aromatic rings. The molecule has 26 heavy (non-hydrogen) atoms. The number of amides is 1. The van der Waals surface area contributed by atoms with Gasteiger partial charge in [0.2, 0.25) is 5.91 Å². The summed E-state index contributed by atoms with van der Waals surface area (Å²) < 4.78 is 0. The third-order valence-corrected chi connectivity index (χ3v) is 5.85. The fourth-order valence-corrected chi connectivity index (χ4v) is 4.15. The second kappa shape index (κ2) is 9.58. The highest BCUT2D eigenvalue weighted by atomic mass is 35.5. The van der Waals surface area contributed by atoms with Crippen LogP contribution in [-0.4, -0.2) is 23.0 Å². The monoisotopic (exact) mass is 455 g/mol. The van der Waals surface area contributed by atoms with Crippen molar-refractivity contribution in [2.24, 2.45) is 11.7 Å². The van der Waals surface area contributed by atoms with Crippen molar-refractivity contribution in [3.63, 3.8) is 0 Å². The Hall–Kier alpha value is -0.560. The summed E-state index contributed by atoms with van der Waals surface area (Å²) >= 11 is 13.6. The number of carbonyl (C=O) groups excluding carboxylic acids is 1. The van der Waals surface area contributed by atoms with Gasteiger partial charge in [-0.2, -0.15) is 0 Å². The number of nitrogens with two attached hydrogens (primary N) is 1. The molecule has 1 aromatic heterocycles. The highest BCUT2D eigenvalue weighted by molar-refractivity contribution is 7.13. The van der Waals surface area contributed by atoms with Crippen LogP contribution >= 0.6 is 59.4 Å². The highest BCUT2D eigenvalue weighted by Crippen LogP contribution is 2.39.